The van der Waals surface area contributed by atoms with Crippen LogP contribution in [0.4, 0.5) is 0 Å². The maximum Gasteiger partial charge on any atom is 0.0532 e. The zero-order valence-corrected chi connectivity index (χ0v) is 12.7. The van der Waals surface area contributed by atoms with Crippen molar-refractivity contribution in [3.8, 4) is 0 Å². The predicted octanol–water partition coefficient (Wildman–Crippen LogP) is 1.16. The van der Waals surface area contributed by atoms with E-state index in [4.69, 9.17) is 4.74 Å². The second kappa shape index (κ2) is 9.77. The van der Waals surface area contributed by atoms with Crippen LogP contribution >= 0.6 is 0 Å². The van der Waals surface area contributed by atoms with Gasteiger partial charge in [-0.1, -0.05) is 20.5 Å². The fourth-order valence-corrected chi connectivity index (χ4v) is 1.71. The van der Waals surface area contributed by atoms with Gasteiger partial charge in [0, 0.05) is 27.1 Å². The smallest absolute Gasteiger partial charge is 0.0532 e. The van der Waals surface area contributed by atoms with E-state index in [2.05, 4.69) is 24.5 Å². The van der Waals surface area contributed by atoms with Crippen molar-refractivity contribution in [1.82, 2.24) is 10.6 Å². The van der Waals surface area contributed by atoms with Gasteiger partial charge in [-0.2, -0.15) is 0 Å². The van der Waals surface area contributed by atoms with Crippen LogP contribution in [-0.2, 0) is 25.8 Å². The van der Waals surface area contributed by atoms with Crippen molar-refractivity contribution in [2.24, 2.45) is 5.92 Å². The van der Waals surface area contributed by atoms with Crippen molar-refractivity contribution in [2.45, 2.75) is 32.7 Å². The molecule has 0 aliphatic carbocycles. The summed E-state index contributed by atoms with van der Waals surface area (Å²) < 4.78 is 4.95. The van der Waals surface area contributed by atoms with Crippen molar-refractivity contribution in [1.29, 1.82) is 0 Å². The molecule has 0 amide bonds. The van der Waals surface area contributed by atoms with E-state index < -0.39 is 0 Å². The monoisotopic (exact) mass is 383 g/mol. The Balaban J connectivity index is 0.000000253. The first-order valence-corrected chi connectivity index (χ1v) is 5.67. The summed E-state index contributed by atoms with van der Waals surface area (Å²) in [7, 11) is 0. The number of ether oxygens (including phenoxy) is 1. The second-order valence-corrected chi connectivity index (χ2v) is 4.18. The van der Waals surface area contributed by atoms with E-state index in [9.17, 15) is 0 Å². The Hall–Kier alpha value is 0.568. The van der Waals surface area contributed by atoms with Gasteiger partial charge >= 0.3 is 0 Å². The Kier molecular flexibility index (Phi) is 10.1. The molecule has 2 rings (SSSR count). The normalized spacial score (nSPS) is 25.4. The molecular formula is C11H23N2OW-. The summed E-state index contributed by atoms with van der Waals surface area (Å²) in [6.07, 6.45) is 2.76. The molecular weight excluding hydrogens is 360 g/mol. The van der Waals surface area contributed by atoms with E-state index in [-0.39, 0.29) is 21.1 Å². The maximum absolute atomic E-state index is 4.95. The van der Waals surface area contributed by atoms with Gasteiger partial charge in [0.1, 0.15) is 0 Å². The Labute approximate surface area is 108 Å². The molecule has 0 radical (unpaired) electrons. The van der Waals surface area contributed by atoms with Crippen molar-refractivity contribution in [2.75, 3.05) is 26.3 Å². The Morgan fingerprint density at radius 1 is 1.33 bits per heavy atom. The van der Waals surface area contributed by atoms with Crippen LogP contribution in [0.15, 0.2) is 0 Å². The number of hydrogen-bond donors (Lipinski definition) is 2. The molecule has 2 fully saturated rings. The van der Waals surface area contributed by atoms with Gasteiger partial charge in [0.05, 0.1) is 6.61 Å². The van der Waals surface area contributed by atoms with Crippen LogP contribution in [-0.4, -0.2) is 32.3 Å². The maximum atomic E-state index is 4.95. The largest absolute Gasteiger partial charge is 0.466 e. The third-order valence-electron chi connectivity index (χ3n) is 2.64. The van der Waals surface area contributed by atoms with E-state index in [1.54, 1.807) is 0 Å². The molecule has 1 atom stereocenters. The average Bonchev–Trinajstić information content (AvgIpc) is 2.74. The fourth-order valence-electron chi connectivity index (χ4n) is 1.71. The first-order chi connectivity index (χ1) is 6.80. The van der Waals surface area contributed by atoms with Crippen LogP contribution in [0.5, 0.6) is 0 Å². The van der Waals surface area contributed by atoms with Gasteiger partial charge in [0.15, 0.2) is 0 Å². The van der Waals surface area contributed by atoms with Crippen LogP contribution in [0.3, 0.4) is 0 Å². The standard InChI is InChI=1S/C7H15N.C4H8NO.W/c1-6(2)7-4-3-5-8-7;1-3-6-4-2-5-1;/h6-8H,3-5H2,1-2H3;1,5H,2-4H2;/q;-1;. The number of rotatable bonds is 1. The number of hydrogen-bond acceptors (Lipinski definition) is 3. The zero-order chi connectivity index (χ0) is 10.2. The Bertz CT molecular complexity index is 123. The molecule has 0 bridgehead atoms. The zero-order valence-electron chi connectivity index (χ0n) is 9.79. The van der Waals surface area contributed by atoms with Crippen LogP contribution in [0, 0.1) is 12.5 Å². The molecule has 2 heterocycles. The van der Waals surface area contributed by atoms with E-state index in [1.165, 1.54) is 19.4 Å². The van der Waals surface area contributed by atoms with E-state index in [0.29, 0.717) is 0 Å². The molecule has 1 unspecified atom stereocenters. The molecule has 0 aromatic carbocycles. The third-order valence-corrected chi connectivity index (χ3v) is 2.64. The van der Waals surface area contributed by atoms with Gasteiger partial charge in [-0.25, -0.2) is 6.54 Å². The first kappa shape index (κ1) is 15.6. The SMILES string of the molecule is CC(C)C1CCCN1.[CH-]1COCCN1.[W]. The van der Waals surface area contributed by atoms with E-state index in [0.717, 1.165) is 31.7 Å². The van der Waals surface area contributed by atoms with Crippen molar-refractivity contribution in [3.63, 3.8) is 0 Å². The topological polar surface area (TPSA) is 33.3 Å². The molecule has 0 spiro atoms. The van der Waals surface area contributed by atoms with Crippen molar-refractivity contribution >= 4 is 0 Å². The van der Waals surface area contributed by atoms with E-state index in [1.807, 2.05) is 6.54 Å². The summed E-state index contributed by atoms with van der Waals surface area (Å²) in [5, 5.41) is 6.49. The van der Waals surface area contributed by atoms with Gasteiger partial charge < -0.3 is 15.4 Å². The summed E-state index contributed by atoms with van der Waals surface area (Å²) in [6.45, 7) is 10.3. The molecule has 2 N–H and O–H groups in total. The number of nitrogens with one attached hydrogen (secondary N) is 2. The van der Waals surface area contributed by atoms with Crippen LogP contribution in [0.1, 0.15) is 26.7 Å². The molecule has 0 aromatic heterocycles. The third kappa shape index (κ3) is 7.46. The second-order valence-electron chi connectivity index (χ2n) is 4.18. The minimum atomic E-state index is 0. The Morgan fingerprint density at radius 2 is 2.13 bits per heavy atom. The molecule has 0 saturated carbocycles. The molecule has 15 heavy (non-hydrogen) atoms. The molecule has 2 aliphatic rings. The van der Waals surface area contributed by atoms with Crippen LogP contribution in [0.2, 0.25) is 0 Å². The molecule has 2 saturated heterocycles. The summed E-state index contributed by atoms with van der Waals surface area (Å²) in [5.41, 5.74) is 0. The average molecular weight is 383 g/mol. The van der Waals surface area contributed by atoms with Crippen molar-refractivity contribution < 1.29 is 25.8 Å². The van der Waals surface area contributed by atoms with Gasteiger partial charge in [-0.05, 0) is 31.8 Å². The van der Waals surface area contributed by atoms with Gasteiger partial charge in [0.2, 0.25) is 0 Å². The summed E-state index contributed by atoms with van der Waals surface area (Å²) in [6, 6.07) is 0.815. The molecule has 2 aliphatic heterocycles. The molecule has 0 aromatic rings. The first-order valence-electron chi connectivity index (χ1n) is 5.67. The minimum absolute atomic E-state index is 0. The minimum Gasteiger partial charge on any atom is -0.466 e. The fraction of sp³-hybridized carbons (Fsp3) is 0.909. The molecule has 3 nitrogen and oxygen atoms in total. The van der Waals surface area contributed by atoms with Crippen molar-refractivity contribution in [3.05, 3.63) is 6.54 Å². The summed E-state index contributed by atoms with van der Waals surface area (Å²) in [4.78, 5) is 0. The molecule has 4 heteroatoms. The Morgan fingerprint density at radius 3 is 2.33 bits per heavy atom. The van der Waals surface area contributed by atoms with Crippen LogP contribution in [0.25, 0.3) is 0 Å². The van der Waals surface area contributed by atoms with Crippen LogP contribution < -0.4 is 10.6 Å². The van der Waals surface area contributed by atoms with Gasteiger partial charge in [-0.15, -0.1) is 0 Å². The quantitative estimate of drug-likeness (QED) is 0.667. The van der Waals surface area contributed by atoms with Gasteiger partial charge in [-0.3, -0.25) is 0 Å². The number of morpholine rings is 1. The predicted molar refractivity (Wildman–Crippen MR) is 59.0 cm³/mol. The van der Waals surface area contributed by atoms with E-state index >= 15 is 0 Å². The van der Waals surface area contributed by atoms with Gasteiger partial charge in [0.25, 0.3) is 0 Å². The molecule has 90 valence electrons. The summed E-state index contributed by atoms with van der Waals surface area (Å²) in [5.74, 6) is 0.831. The summed E-state index contributed by atoms with van der Waals surface area (Å²) >= 11 is 0.